The Bertz CT molecular complexity index is 1470. The summed E-state index contributed by atoms with van der Waals surface area (Å²) in [7, 11) is 0. The topological polar surface area (TPSA) is 55.3 Å². The van der Waals surface area contributed by atoms with Crippen molar-refractivity contribution in [3.05, 3.63) is 132 Å². The summed E-state index contributed by atoms with van der Waals surface area (Å²) in [6.45, 7) is 0.651. The number of fused-ring (bicyclic) bond motifs is 1. The molecule has 0 radical (unpaired) electrons. The van der Waals surface area contributed by atoms with Crippen LogP contribution in [-0.4, -0.2) is 15.9 Å². The van der Waals surface area contributed by atoms with Crippen LogP contribution in [0.2, 0.25) is 0 Å². The summed E-state index contributed by atoms with van der Waals surface area (Å²) in [5, 5.41) is 1.08. The van der Waals surface area contributed by atoms with Crippen LogP contribution in [0, 0.1) is 5.82 Å². The molecule has 0 atom stereocenters. The van der Waals surface area contributed by atoms with E-state index < -0.39 is 5.82 Å². The third-order valence-electron chi connectivity index (χ3n) is 5.86. The highest BCUT2D eigenvalue weighted by molar-refractivity contribution is 5.94. The molecule has 0 bridgehead atoms. The molecule has 0 fully saturated rings. The molecule has 0 aliphatic heterocycles. The van der Waals surface area contributed by atoms with Crippen molar-refractivity contribution in [2.24, 2.45) is 0 Å². The largest absolute Gasteiger partial charge is 0.487 e. The van der Waals surface area contributed by atoms with Crippen molar-refractivity contribution >= 4 is 22.5 Å². The minimum absolute atomic E-state index is 0.0428. The van der Waals surface area contributed by atoms with Gasteiger partial charge < -0.3 is 9.64 Å². The zero-order valence-corrected chi connectivity index (χ0v) is 19.5. The van der Waals surface area contributed by atoms with Crippen LogP contribution >= 0.6 is 0 Å². The summed E-state index contributed by atoms with van der Waals surface area (Å²) in [5.41, 5.74) is 3.68. The van der Waals surface area contributed by atoms with Crippen molar-refractivity contribution in [1.29, 1.82) is 0 Å². The zero-order valence-electron chi connectivity index (χ0n) is 19.5. The highest BCUT2D eigenvalue weighted by Crippen LogP contribution is 2.24. The summed E-state index contributed by atoms with van der Waals surface area (Å²) in [4.78, 5) is 23.7. The molecule has 0 saturated carbocycles. The Balaban J connectivity index is 1.32. The van der Waals surface area contributed by atoms with Gasteiger partial charge in [0.25, 0.3) is 0 Å². The fourth-order valence-corrected chi connectivity index (χ4v) is 3.97. The molecule has 6 heteroatoms. The maximum absolute atomic E-state index is 14.2. The van der Waals surface area contributed by atoms with Gasteiger partial charge in [-0.15, -0.1) is 0 Å². The summed E-state index contributed by atoms with van der Waals surface area (Å²) >= 11 is 0. The summed E-state index contributed by atoms with van der Waals surface area (Å²) < 4.78 is 20.1. The number of hydrogen-bond donors (Lipinski definition) is 0. The van der Waals surface area contributed by atoms with Crippen molar-refractivity contribution in [2.45, 2.75) is 19.6 Å². The van der Waals surface area contributed by atoms with E-state index in [2.05, 4.69) is 9.97 Å². The molecule has 0 spiro atoms. The van der Waals surface area contributed by atoms with Crippen molar-refractivity contribution < 1.29 is 13.9 Å². The van der Waals surface area contributed by atoms with Gasteiger partial charge in [-0.3, -0.25) is 9.78 Å². The number of nitrogens with zero attached hydrogens (tertiary/aromatic N) is 3. The molecule has 5 aromatic rings. The SMILES string of the molecule is O=C(Cc1ccccc1F)N(Cc1cccnc1)c1ccc(OCc2ccc3ccccc3n2)cc1. The van der Waals surface area contributed by atoms with E-state index in [1.165, 1.54) is 6.07 Å². The fraction of sp³-hybridized carbons (Fsp3) is 0.100. The third-order valence-corrected chi connectivity index (χ3v) is 5.86. The number of rotatable bonds is 8. The van der Waals surface area contributed by atoms with Gasteiger partial charge in [0, 0.05) is 23.5 Å². The van der Waals surface area contributed by atoms with Crippen LogP contribution in [0.4, 0.5) is 10.1 Å². The van der Waals surface area contributed by atoms with Crippen molar-refractivity contribution in [3.8, 4) is 5.75 Å². The molecule has 3 aromatic carbocycles. The van der Waals surface area contributed by atoms with Gasteiger partial charge in [0.05, 0.1) is 24.2 Å². The number of carbonyl (C=O) groups excluding carboxylic acids is 1. The van der Waals surface area contributed by atoms with E-state index in [9.17, 15) is 9.18 Å². The molecule has 0 unspecified atom stereocenters. The van der Waals surface area contributed by atoms with Gasteiger partial charge >= 0.3 is 0 Å². The highest BCUT2D eigenvalue weighted by Gasteiger charge is 2.18. The Morgan fingerprint density at radius 2 is 1.67 bits per heavy atom. The van der Waals surface area contributed by atoms with E-state index in [0.29, 0.717) is 30.2 Å². The van der Waals surface area contributed by atoms with Crippen LogP contribution < -0.4 is 9.64 Å². The molecule has 0 aliphatic carbocycles. The Hall–Kier alpha value is -4.58. The first-order valence-electron chi connectivity index (χ1n) is 11.7. The first-order valence-corrected chi connectivity index (χ1v) is 11.7. The average Bonchev–Trinajstić information content (AvgIpc) is 2.92. The highest BCUT2D eigenvalue weighted by atomic mass is 19.1. The number of para-hydroxylation sites is 1. The molecule has 5 rings (SSSR count). The van der Waals surface area contributed by atoms with Gasteiger partial charge in [-0.25, -0.2) is 9.37 Å². The molecule has 2 heterocycles. The molecule has 0 aliphatic rings. The van der Waals surface area contributed by atoms with Crippen LogP contribution in [0.1, 0.15) is 16.8 Å². The lowest BCUT2D eigenvalue weighted by Gasteiger charge is -2.23. The van der Waals surface area contributed by atoms with Gasteiger partial charge in [0.15, 0.2) is 0 Å². The lowest BCUT2D eigenvalue weighted by molar-refractivity contribution is -0.118. The van der Waals surface area contributed by atoms with Gasteiger partial charge in [0.2, 0.25) is 5.91 Å². The molecule has 5 nitrogen and oxygen atoms in total. The smallest absolute Gasteiger partial charge is 0.231 e. The number of ether oxygens (including phenoxy) is 1. The molecule has 36 heavy (non-hydrogen) atoms. The van der Waals surface area contributed by atoms with Crippen molar-refractivity contribution in [1.82, 2.24) is 9.97 Å². The second-order valence-electron chi connectivity index (χ2n) is 8.39. The number of amides is 1. The summed E-state index contributed by atoms with van der Waals surface area (Å²) in [5.74, 6) is 0.0628. The lowest BCUT2D eigenvalue weighted by atomic mass is 10.1. The predicted octanol–water partition coefficient (Wildman–Crippen LogP) is 6.12. The first kappa shape index (κ1) is 23.2. The third kappa shape index (κ3) is 5.55. The number of anilines is 1. The van der Waals surface area contributed by atoms with Crippen molar-refractivity contribution in [3.63, 3.8) is 0 Å². The molecule has 0 saturated heterocycles. The lowest BCUT2D eigenvalue weighted by Crippen LogP contribution is -2.32. The average molecular weight is 478 g/mol. The van der Waals surface area contributed by atoms with Gasteiger partial charge in [-0.1, -0.05) is 48.5 Å². The summed E-state index contributed by atoms with van der Waals surface area (Å²) in [6, 6.07) is 29.3. The van der Waals surface area contributed by atoms with E-state index in [1.54, 1.807) is 35.5 Å². The number of hydrogen-bond acceptors (Lipinski definition) is 4. The number of carbonyl (C=O) groups is 1. The fourth-order valence-electron chi connectivity index (χ4n) is 3.97. The monoisotopic (exact) mass is 477 g/mol. The Morgan fingerprint density at radius 3 is 2.47 bits per heavy atom. The Labute approximate surface area is 208 Å². The second-order valence-corrected chi connectivity index (χ2v) is 8.39. The Morgan fingerprint density at radius 1 is 0.861 bits per heavy atom. The zero-order chi connectivity index (χ0) is 24.7. The minimum Gasteiger partial charge on any atom is -0.487 e. The van der Waals surface area contributed by atoms with Crippen LogP contribution in [0.5, 0.6) is 5.75 Å². The standard InChI is InChI=1S/C30H24FN3O2/c31-28-9-3-1-8-24(28)18-30(35)34(20-22-6-5-17-32-19-22)26-13-15-27(16-14-26)36-21-25-12-11-23-7-2-4-10-29(23)33-25/h1-17,19H,18,20-21H2. The van der Waals surface area contributed by atoms with Crippen molar-refractivity contribution in [2.75, 3.05) is 4.90 Å². The van der Waals surface area contributed by atoms with Gasteiger partial charge in [0.1, 0.15) is 18.2 Å². The quantitative estimate of drug-likeness (QED) is 0.270. The molecule has 1 amide bonds. The van der Waals surface area contributed by atoms with Crippen LogP contribution in [0.15, 0.2) is 109 Å². The van der Waals surface area contributed by atoms with E-state index in [0.717, 1.165) is 22.2 Å². The van der Waals surface area contributed by atoms with Crippen LogP contribution in [0.25, 0.3) is 10.9 Å². The predicted molar refractivity (Wildman–Crippen MR) is 138 cm³/mol. The number of benzene rings is 3. The first-order chi connectivity index (χ1) is 17.7. The Kier molecular flexibility index (Phi) is 6.94. The van der Waals surface area contributed by atoms with E-state index in [-0.39, 0.29) is 12.3 Å². The number of aromatic nitrogens is 2. The summed E-state index contributed by atoms with van der Waals surface area (Å²) in [6.07, 6.45) is 3.36. The van der Waals surface area contributed by atoms with E-state index in [1.807, 2.05) is 72.8 Å². The molecule has 2 aromatic heterocycles. The number of pyridine rings is 2. The molecule has 0 N–H and O–H groups in total. The van der Waals surface area contributed by atoms with Gasteiger partial charge in [-0.2, -0.15) is 0 Å². The molecule has 178 valence electrons. The maximum atomic E-state index is 14.2. The van der Waals surface area contributed by atoms with E-state index in [4.69, 9.17) is 4.74 Å². The molecular formula is C30H24FN3O2. The normalized spacial score (nSPS) is 10.8. The van der Waals surface area contributed by atoms with Gasteiger partial charge in [-0.05, 0) is 59.7 Å². The minimum atomic E-state index is -0.391. The van der Waals surface area contributed by atoms with Crippen LogP contribution in [0.3, 0.4) is 0 Å². The van der Waals surface area contributed by atoms with Crippen LogP contribution in [-0.2, 0) is 24.4 Å². The molecular weight excluding hydrogens is 453 g/mol. The van der Waals surface area contributed by atoms with E-state index >= 15 is 0 Å². The number of halogens is 1. The maximum Gasteiger partial charge on any atom is 0.231 e. The second kappa shape index (κ2) is 10.8.